The number of nitrogens with zero attached hydrogens (tertiary/aromatic N) is 4. The molecule has 0 spiro atoms. The molecule has 10 aromatic rings. The van der Waals surface area contributed by atoms with E-state index >= 15 is 4.39 Å². The number of halogens is 1. The van der Waals surface area contributed by atoms with E-state index in [-0.39, 0.29) is 5.82 Å². The van der Waals surface area contributed by atoms with Crippen LogP contribution in [-0.4, -0.2) is 19.5 Å². The van der Waals surface area contributed by atoms with Crippen molar-refractivity contribution in [2.75, 3.05) is 0 Å². The summed E-state index contributed by atoms with van der Waals surface area (Å²) in [6.45, 7) is 13.1. The molecule has 0 bridgehead atoms. The lowest BCUT2D eigenvalue weighted by Gasteiger charge is -2.18. The summed E-state index contributed by atoms with van der Waals surface area (Å²) in [5, 5.41) is 2.26. The fraction of sp³-hybridized carbons (Fsp3) is 0.105. The van der Waals surface area contributed by atoms with E-state index in [1.165, 1.54) is 50.6 Å². The molecule has 8 aromatic carbocycles. The number of rotatable bonds is 7. The van der Waals surface area contributed by atoms with Crippen molar-refractivity contribution in [3.05, 3.63) is 203 Å². The Labute approximate surface area is 362 Å². The highest BCUT2D eigenvalue weighted by atomic mass is 19.1. The van der Waals surface area contributed by atoms with Gasteiger partial charge in [0.15, 0.2) is 17.5 Å². The van der Waals surface area contributed by atoms with Crippen LogP contribution in [0.25, 0.3) is 95.0 Å². The Bertz CT molecular complexity index is 3150. The highest BCUT2D eigenvalue weighted by molar-refractivity contribution is 6.12. The minimum atomic E-state index is -0.294. The standard InChI is InChI=1S/C57H45FN4/c1-34-26-36(3)53(37(4)27-34)43-20-24-48-49-25-21-44(54-38(5)28-35(2)29-39(54)6)32-52(49)62(51(48)31-43)50-33-45(22-23-47(50)42-18-13-19-46(58)30-42)57-60-55(40-14-9-7-10-15-40)59-56(61-57)41-16-11-8-12-17-41/h7-33H,1-6H3. The molecule has 0 saturated carbocycles. The molecule has 10 rings (SSSR count). The number of fused-ring (bicyclic) bond motifs is 3. The Morgan fingerprint density at radius 3 is 1.27 bits per heavy atom. The minimum Gasteiger partial charge on any atom is -0.309 e. The first-order chi connectivity index (χ1) is 30.1. The largest absolute Gasteiger partial charge is 0.309 e. The van der Waals surface area contributed by atoms with Crippen LogP contribution in [0.1, 0.15) is 33.4 Å². The smallest absolute Gasteiger partial charge is 0.164 e. The molecular formula is C57H45FN4. The first-order valence-electron chi connectivity index (χ1n) is 21.1. The summed E-state index contributed by atoms with van der Waals surface area (Å²) in [6, 6.07) is 56.0. The van der Waals surface area contributed by atoms with Gasteiger partial charge in [-0.1, -0.05) is 145 Å². The Hall–Kier alpha value is -7.50. The number of hydrogen-bond acceptors (Lipinski definition) is 3. The molecule has 0 N–H and O–H groups in total. The molecule has 0 amide bonds. The molecule has 2 heterocycles. The molecule has 62 heavy (non-hydrogen) atoms. The maximum Gasteiger partial charge on any atom is 0.164 e. The summed E-state index contributed by atoms with van der Waals surface area (Å²) in [5.41, 5.74) is 19.4. The normalized spacial score (nSPS) is 11.5. The molecule has 0 fully saturated rings. The predicted molar refractivity (Wildman–Crippen MR) is 255 cm³/mol. The SMILES string of the molecule is Cc1cc(C)c(-c2ccc3c4ccc(-c5c(C)cc(C)cc5C)cc4n(-c4cc(-c5nc(-c6ccccc6)nc(-c6ccccc6)n5)ccc4-c4cccc(F)c4)c3c2)c(C)c1. The zero-order valence-electron chi connectivity index (χ0n) is 35.8. The van der Waals surface area contributed by atoms with E-state index in [4.69, 9.17) is 15.0 Å². The lowest BCUT2D eigenvalue weighted by atomic mass is 9.92. The van der Waals surface area contributed by atoms with Gasteiger partial charge in [0.25, 0.3) is 0 Å². The van der Waals surface area contributed by atoms with Gasteiger partial charge in [-0.3, -0.25) is 0 Å². The van der Waals surface area contributed by atoms with E-state index in [0.29, 0.717) is 17.5 Å². The van der Waals surface area contributed by atoms with Crippen molar-refractivity contribution in [2.45, 2.75) is 41.5 Å². The predicted octanol–water partition coefficient (Wildman–Crippen LogP) is 15.0. The van der Waals surface area contributed by atoms with Gasteiger partial charge >= 0.3 is 0 Å². The second-order valence-corrected chi connectivity index (χ2v) is 16.6. The number of aryl methyl sites for hydroxylation is 6. The fourth-order valence-corrected chi connectivity index (χ4v) is 9.55. The van der Waals surface area contributed by atoms with E-state index in [2.05, 4.69) is 119 Å². The van der Waals surface area contributed by atoms with E-state index < -0.39 is 0 Å². The second kappa shape index (κ2) is 15.5. The maximum atomic E-state index is 15.2. The fourth-order valence-electron chi connectivity index (χ4n) is 9.55. The first kappa shape index (κ1) is 38.7. The van der Waals surface area contributed by atoms with Gasteiger partial charge < -0.3 is 4.57 Å². The zero-order chi connectivity index (χ0) is 42.6. The van der Waals surface area contributed by atoms with Gasteiger partial charge in [-0.25, -0.2) is 19.3 Å². The monoisotopic (exact) mass is 804 g/mol. The van der Waals surface area contributed by atoms with Gasteiger partial charge in [-0.05, 0) is 122 Å². The summed E-state index contributed by atoms with van der Waals surface area (Å²) < 4.78 is 17.6. The third kappa shape index (κ3) is 6.95. The highest BCUT2D eigenvalue weighted by Crippen LogP contribution is 2.42. The number of benzene rings is 8. The molecule has 4 nitrogen and oxygen atoms in total. The lowest BCUT2D eigenvalue weighted by Crippen LogP contribution is -2.02. The van der Waals surface area contributed by atoms with Crippen LogP contribution in [0.2, 0.25) is 0 Å². The van der Waals surface area contributed by atoms with Gasteiger partial charge in [-0.2, -0.15) is 0 Å². The molecule has 0 aliphatic rings. The van der Waals surface area contributed by atoms with Crippen LogP contribution in [0.5, 0.6) is 0 Å². The molecule has 300 valence electrons. The van der Waals surface area contributed by atoms with Crippen LogP contribution in [0.15, 0.2) is 164 Å². The molecule has 0 atom stereocenters. The van der Waals surface area contributed by atoms with Crippen LogP contribution in [0, 0.1) is 47.4 Å². The summed E-state index contributed by atoms with van der Waals surface area (Å²) in [6.07, 6.45) is 0. The Kier molecular flexibility index (Phi) is 9.68. The Morgan fingerprint density at radius 1 is 0.371 bits per heavy atom. The van der Waals surface area contributed by atoms with E-state index in [9.17, 15) is 0 Å². The molecule has 5 heteroatoms. The van der Waals surface area contributed by atoms with Crippen molar-refractivity contribution in [3.63, 3.8) is 0 Å². The van der Waals surface area contributed by atoms with E-state index in [0.717, 1.165) is 66.4 Å². The summed E-state index contributed by atoms with van der Waals surface area (Å²) in [5.74, 6) is 1.43. The van der Waals surface area contributed by atoms with Crippen molar-refractivity contribution in [3.8, 4) is 73.2 Å². The van der Waals surface area contributed by atoms with Gasteiger partial charge in [0.2, 0.25) is 0 Å². The minimum absolute atomic E-state index is 0.294. The zero-order valence-corrected chi connectivity index (χ0v) is 35.8. The van der Waals surface area contributed by atoms with Crippen LogP contribution in [-0.2, 0) is 0 Å². The van der Waals surface area contributed by atoms with Crippen molar-refractivity contribution in [1.82, 2.24) is 19.5 Å². The van der Waals surface area contributed by atoms with Crippen LogP contribution >= 0.6 is 0 Å². The van der Waals surface area contributed by atoms with Gasteiger partial charge in [0.05, 0.1) is 16.7 Å². The van der Waals surface area contributed by atoms with E-state index in [1.54, 1.807) is 12.1 Å². The maximum absolute atomic E-state index is 15.2. The molecule has 2 aromatic heterocycles. The average Bonchev–Trinajstić information content (AvgIpc) is 3.58. The molecule has 0 aliphatic carbocycles. The molecule has 0 unspecified atom stereocenters. The second-order valence-electron chi connectivity index (χ2n) is 16.6. The third-order valence-electron chi connectivity index (χ3n) is 12.0. The summed E-state index contributed by atoms with van der Waals surface area (Å²) in [4.78, 5) is 15.2. The number of hydrogen-bond donors (Lipinski definition) is 0. The van der Waals surface area contributed by atoms with Gasteiger partial charge in [-0.15, -0.1) is 0 Å². The lowest BCUT2D eigenvalue weighted by molar-refractivity contribution is 0.628. The van der Waals surface area contributed by atoms with Crippen LogP contribution in [0.4, 0.5) is 4.39 Å². The molecule has 0 saturated heterocycles. The highest BCUT2D eigenvalue weighted by Gasteiger charge is 2.22. The van der Waals surface area contributed by atoms with Gasteiger partial charge in [0, 0.05) is 33.0 Å². The topological polar surface area (TPSA) is 43.6 Å². The third-order valence-corrected chi connectivity index (χ3v) is 12.0. The van der Waals surface area contributed by atoms with Gasteiger partial charge in [0.1, 0.15) is 5.82 Å². The quantitative estimate of drug-likeness (QED) is 0.161. The first-order valence-corrected chi connectivity index (χ1v) is 21.1. The van der Waals surface area contributed by atoms with Crippen molar-refractivity contribution in [1.29, 1.82) is 0 Å². The molecule has 0 radical (unpaired) electrons. The average molecular weight is 805 g/mol. The van der Waals surface area contributed by atoms with Crippen LogP contribution in [0.3, 0.4) is 0 Å². The van der Waals surface area contributed by atoms with Crippen molar-refractivity contribution >= 4 is 21.8 Å². The summed E-state index contributed by atoms with van der Waals surface area (Å²) in [7, 11) is 0. The Balaban J connectivity index is 1.30. The number of aromatic nitrogens is 4. The summed E-state index contributed by atoms with van der Waals surface area (Å²) >= 11 is 0. The van der Waals surface area contributed by atoms with E-state index in [1.807, 2.05) is 72.8 Å². The molecule has 0 aliphatic heterocycles. The van der Waals surface area contributed by atoms with Crippen LogP contribution < -0.4 is 0 Å². The van der Waals surface area contributed by atoms with Crippen molar-refractivity contribution in [2.24, 2.45) is 0 Å². The molecular weight excluding hydrogens is 760 g/mol. The Morgan fingerprint density at radius 2 is 0.806 bits per heavy atom. The van der Waals surface area contributed by atoms with Crippen molar-refractivity contribution < 1.29 is 4.39 Å².